The number of non-ortho nitro benzene ring substituents is 1. The van der Waals surface area contributed by atoms with Crippen LogP contribution in [0.2, 0.25) is 5.02 Å². The van der Waals surface area contributed by atoms with Crippen molar-refractivity contribution in [2.24, 2.45) is 0 Å². The Labute approximate surface area is 162 Å². The maximum atomic E-state index is 12.4. The summed E-state index contributed by atoms with van der Waals surface area (Å²) in [5, 5.41) is 11.5. The molecule has 0 aromatic heterocycles. The highest BCUT2D eigenvalue weighted by Gasteiger charge is 2.21. The lowest BCUT2D eigenvalue weighted by Gasteiger charge is -2.36. The van der Waals surface area contributed by atoms with E-state index in [1.54, 1.807) is 23.1 Å². The number of hydrogen-bond donors (Lipinski definition) is 0. The van der Waals surface area contributed by atoms with Crippen molar-refractivity contribution in [2.45, 2.75) is 6.92 Å². The Balaban J connectivity index is 1.61. The van der Waals surface area contributed by atoms with Crippen LogP contribution in [0.15, 0.2) is 48.5 Å². The summed E-state index contributed by atoms with van der Waals surface area (Å²) in [6, 6.07) is 12.0. The minimum absolute atomic E-state index is 0.00936. The summed E-state index contributed by atoms with van der Waals surface area (Å²) in [6.45, 7) is 4.74. The van der Waals surface area contributed by atoms with E-state index < -0.39 is 4.92 Å². The molecule has 27 heavy (non-hydrogen) atoms. The molecular formula is C20H20ClN3O3. The average Bonchev–Trinajstić information content (AvgIpc) is 2.68. The van der Waals surface area contributed by atoms with E-state index in [-0.39, 0.29) is 11.6 Å². The zero-order chi connectivity index (χ0) is 19.4. The van der Waals surface area contributed by atoms with Crippen molar-refractivity contribution in [1.29, 1.82) is 0 Å². The molecule has 7 heteroatoms. The van der Waals surface area contributed by atoms with E-state index in [0.29, 0.717) is 23.7 Å². The summed E-state index contributed by atoms with van der Waals surface area (Å²) in [4.78, 5) is 26.8. The normalized spacial score (nSPS) is 14.6. The highest BCUT2D eigenvalue weighted by atomic mass is 35.5. The lowest BCUT2D eigenvalue weighted by atomic mass is 10.1. The summed E-state index contributed by atoms with van der Waals surface area (Å²) in [5.41, 5.74) is 2.90. The third kappa shape index (κ3) is 4.65. The number of halogens is 1. The Kier molecular flexibility index (Phi) is 5.76. The molecule has 0 unspecified atom stereocenters. The fraction of sp³-hybridized carbons (Fsp3) is 0.250. The number of aryl methyl sites for hydroxylation is 1. The molecule has 0 bridgehead atoms. The Morgan fingerprint density at radius 2 is 1.89 bits per heavy atom. The van der Waals surface area contributed by atoms with Gasteiger partial charge in [0.15, 0.2) is 0 Å². The van der Waals surface area contributed by atoms with Gasteiger partial charge in [0.2, 0.25) is 5.91 Å². The Hall–Kier alpha value is -2.86. The largest absolute Gasteiger partial charge is 0.368 e. The summed E-state index contributed by atoms with van der Waals surface area (Å²) in [6.07, 6.45) is 3.09. The first-order valence-corrected chi connectivity index (χ1v) is 9.04. The first-order valence-electron chi connectivity index (χ1n) is 8.66. The maximum absolute atomic E-state index is 12.4. The molecule has 2 aromatic carbocycles. The predicted octanol–water partition coefficient (Wildman–Crippen LogP) is 3.92. The van der Waals surface area contributed by atoms with E-state index in [4.69, 9.17) is 11.6 Å². The van der Waals surface area contributed by atoms with Crippen LogP contribution in [0.4, 0.5) is 11.4 Å². The molecule has 1 saturated heterocycles. The van der Waals surface area contributed by atoms with Crippen molar-refractivity contribution >= 4 is 35.0 Å². The molecule has 0 aliphatic carbocycles. The molecule has 1 aliphatic rings. The molecule has 3 rings (SSSR count). The zero-order valence-corrected chi connectivity index (χ0v) is 15.7. The molecule has 0 spiro atoms. The topological polar surface area (TPSA) is 66.7 Å². The Morgan fingerprint density at radius 3 is 2.59 bits per heavy atom. The second-order valence-electron chi connectivity index (χ2n) is 6.43. The molecule has 140 valence electrons. The summed E-state index contributed by atoms with van der Waals surface area (Å²) >= 11 is 6.10. The number of hydrogen-bond acceptors (Lipinski definition) is 4. The van der Waals surface area contributed by atoms with E-state index >= 15 is 0 Å². The highest BCUT2D eigenvalue weighted by molar-refractivity contribution is 6.30. The first kappa shape index (κ1) is 18.9. The minimum atomic E-state index is -0.448. The van der Waals surface area contributed by atoms with Crippen LogP contribution in [-0.2, 0) is 4.79 Å². The molecule has 1 fully saturated rings. The molecule has 2 aromatic rings. The van der Waals surface area contributed by atoms with Gasteiger partial charge in [-0.2, -0.15) is 0 Å². The molecule has 1 amide bonds. The van der Waals surface area contributed by atoms with Crippen molar-refractivity contribution in [3.05, 3.63) is 74.8 Å². The maximum Gasteiger partial charge on any atom is 0.270 e. The van der Waals surface area contributed by atoms with Gasteiger partial charge in [-0.05, 0) is 36.3 Å². The van der Waals surface area contributed by atoms with Crippen LogP contribution in [0, 0.1) is 17.0 Å². The van der Waals surface area contributed by atoms with Gasteiger partial charge < -0.3 is 9.80 Å². The lowest BCUT2D eigenvalue weighted by Crippen LogP contribution is -2.48. The van der Waals surface area contributed by atoms with Crippen molar-refractivity contribution in [3.8, 4) is 0 Å². The number of anilines is 1. The van der Waals surface area contributed by atoms with E-state index in [1.807, 2.05) is 25.1 Å². The number of carbonyl (C=O) groups is 1. The third-order valence-corrected chi connectivity index (χ3v) is 4.84. The van der Waals surface area contributed by atoms with Gasteiger partial charge in [-0.15, -0.1) is 0 Å². The van der Waals surface area contributed by atoms with Gasteiger partial charge in [-0.1, -0.05) is 29.8 Å². The average molecular weight is 386 g/mol. The molecular weight excluding hydrogens is 366 g/mol. The zero-order valence-electron chi connectivity index (χ0n) is 15.0. The number of rotatable bonds is 4. The van der Waals surface area contributed by atoms with Crippen molar-refractivity contribution in [3.63, 3.8) is 0 Å². The molecule has 0 atom stereocenters. The van der Waals surface area contributed by atoms with E-state index in [9.17, 15) is 14.9 Å². The van der Waals surface area contributed by atoms with Crippen LogP contribution in [0.1, 0.15) is 11.1 Å². The molecule has 0 radical (unpaired) electrons. The number of amides is 1. The van der Waals surface area contributed by atoms with E-state index in [0.717, 1.165) is 24.3 Å². The molecule has 1 heterocycles. The van der Waals surface area contributed by atoms with Crippen LogP contribution in [0.25, 0.3) is 6.08 Å². The number of nitro groups is 1. The van der Waals surface area contributed by atoms with Gasteiger partial charge in [0.05, 0.1) is 4.92 Å². The number of nitro benzene ring substituents is 1. The highest BCUT2D eigenvalue weighted by Crippen LogP contribution is 2.25. The summed E-state index contributed by atoms with van der Waals surface area (Å²) in [7, 11) is 0. The van der Waals surface area contributed by atoms with Crippen molar-refractivity contribution < 1.29 is 9.72 Å². The van der Waals surface area contributed by atoms with Crippen molar-refractivity contribution in [2.75, 3.05) is 31.1 Å². The van der Waals surface area contributed by atoms with Crippen LogP contribution in [0.3, 0.4) is 0 Å². The fourth-order valence-electron chi connectivity index (χ4n) is 3.11. The fourth-order valence-corrected chi connectivity index (χ4v) is 3.27. The lowest BCUT2D eigenvalue weighted by molar-refractivity contribution is -0.384. The van der Waals surface area contributed by atoms with Crippen LogP contribution in [0.5, 0.6) is 0 Å². The van der Waals surface area contributed by atoms with E-state index in [1.165, 1.54) is 18.2 Å². The van der Waals surface area contributed by atoms with Crippen LogP contribution >= 0.6 is 11.6 Å². The smallest absolute Gasteiger partial charge is 0.270 e. The first-order chi connectivity index (χ1) is 12.9. The van der Waals surface area contributed by atoms with Gasteiger partial charge >= 0.3 is 0 Å². The second-order valence-corrected chi connectivity index (χ2v) is 6.87. The quantitative estimate of drug-likeness (QED) is 0.454. The number of nitrogens with zero attached hydrogens (tertiary/aromatic N) is 3. The molecule has 0 N–H and O–H groups in total. The number of piperazine rings is 1. The standard InChI is InChI=1S/C20H20ClN3O3/c1-15-5-7-17(21)14-19(15)22-9-11-23(12-10-22)20(25)8-6-16-3-2-4-18(13-16)24(26)27/h2-8,13-14H,9-12H2,1H3/b8-6+. The summed E-state index contributed by atoms with van der Waals surface area (Å²) in [5.74, 6) is -0.0935. The predicted molar refractivity (Wildman–Crippen MR) is 107 cm³/mol. The van der Waals surface area contributed by atoms with E-state index in [2.05, 4.69) is 4.90 Å². The van der Waals surface area contributed by atoms with Crippen LogP contribution < -0.4 is 4.90 Å². The molecule has 6 nitrogen and oxygen atoms in total. The van der Waals surface area contributed by atoms with Crippen LogP contribution in [-0.4, -0.2) is 41.9 Å². The van der Waals surface area contributed by atoms with Gasteiger partial charge in [0.1, 0.15) is 0 Å². The number of benzene rings is 2. The third-order valence-electron chi connectivity index (χ3n) is 4.60. The van der Waals surface area contributed by atoms with Crippen molar-refractivity contribution in [1.82, 2.24) is 4.90 Å². The SMILES string of the molecule is Cc1ccc(Cl)cc1N1CCN(C(=O)/C=C/c2cccc([N+](=O)[O-])c2)CC1. The monoisotopic (exact) mass is 385 g/mol. The van der Waals surface area contributed by atoms with Gasteiger partial charge in [-0.25, -0.2) is 0 Å². The Bertz CT molecular complexity index is 890. The second kappa shape index (κ2) is 8.22. The number of carbonyl (C=O) groups excluding carboxylic acids is 1. The molecule has 0 saturated carbocycles. The minimum Gasteiger partial charge on any atom is -0.368 e. The van der Waals surface area contributed by atoms with Gasteiger partial charge in [0, 0.05) is 55.1 Å². The van der Waals surface area contributed by atoms with Gasteiger partial charge in [0.25, 0.3) is 5.69 Å². The summed E-state index contributed by atoms with van der Waals surface area (Å²) < 4.78 is 0. The molecule has 1 aliphatic heterocycles. The Morgan fingerprint density at radius 1 is 1.15 bits per heavy atom. The van der Waals surface area contributed by atoms with Gasteiger partial charge in [-0.3, -0.25) is 14.9 Å².